The van der Waals surface area contributed by atoms with Crippen molar-refractivity contribution in [2.45, 2.75) is 62.6 Å². The van der Waals surface area contributed by atoms with Gasteiger partial charge in [-0.3, -0.25) is 13.9 Å². The third kappa shape index (κ3) is 7.80. The van der Waals surface area contributed by atoms with Gasteiger partial charge >= 0.3 is 0 Å². The van der Waals surface area contributed by atoms with Gasteiger partial charge in [0.25, 0.3) is 10.0 Å². The third-order valence-corrected chi connectivity index (χ3v) is 9.40. The number of ether oxygens (including phenoxy) is 1. The predicted molar refractivity (Wildman–Crippen MR) is 160 cm³/mol. The zero-order valence-electron chi connectivity index (χ0n) is 23.3. The lowest BCUT2D eigenvalue weighted by Crippen LogP contribution is -2.53. The largest absolute Gasteiger partial charge is 0.497 e. The van der Waals surface area contributed by atoms with E-state index >= 15 is 0 Å². The number of carbonyl (C=O) groups is 2. The Morgan fingerprint density at radius 2 is 1.59 bits per heavy atom. The van der Waals surface area contributed by atoms with E-state index in [-0.39, 0.29) is 23.4 Å². The van der Waals surface area contributed by atoms with Gasteiger partial charge < -0.3 is 15.0 Å². The highest BCUT2D eigenvalue weighted by Crippen LogP contribution is 2.26. The van der Waals surface area contributed by atoms with Gasteiger partial charge in [0, 0.05) is 17.6 Å². The van der Waals surface area contributed by atoms with Crippen LogP contribution in [-0.4, -0.2) is 50.9 Å². The quantitative estimate of drug-likeness (QED) is 0.319. The van der Waals surface area contributed by atoms with Crippen LogP contribution in [0.1, 0.15) is 44.6 Å². The Morgan fingerprint density at radius 1 is 0.951 bits per heavy atom. The standard InChI is InChI=1S/C31H36ClN3O5S/c1-23(31(37)33-26-9-5-3-6-10-26)34(21-24-13-15-25(32)16-14-24)30(36)22-35(27-11-7-4-8-12-27)41(38,39)29-19-17-28(40-2)18-20-29/h4,7-8,11-20,23,26H,3,5-6,9-10,21-22H2,1-2H3,(H,33,37)/t23-/m0/s1. The number of anilines is 1. The molecule has 1 aliphatic rings. The van der Waals surface area contributed by atoms with E-state index in [4.69, 9.17) is 16.3 Å². The first kappa shape index (κ1) is 30.4. The number of benzene rings is 3. The molecule has 1 N–H and O–H groups in total. The summed E-state index contributed by atoms with van der Waals surface area (Å²) >= 11 is 6.07. The summed E-state index contributed by atoms with van der Waals surface area (Å²) in [5.41, 5.74) is 1.10. The van der Waals surface area contributed by atoms with Crippen LogP contribution in [0, 0.1) is 0 Å². The molecule has 218 valence electrons. The van der Waals surface area contributed by atoms with Crippen LogP contribution in [0.25, 0.3) is 0 Å². The minimum absolute atomic E-state index is 0.0160. The smallest absolute Gasteiger partial charge is 0.264 e. The summed E-state index contributed by atoms with van der Waals surface area (Å²) in [6.45, 7) is 1.30. The highest BCUT2D eigenvalue weighted by Gasteiger charge is 2.33. The molecule has 8 nitrogen and oxygen atoms in total. The second-order valence-corrected chi connectivity index (χ2v) is 12.5. The number of nitrogens with one attached hydrogen (secondary N) is 1. The van der Waals surface area contributed by atoms with Gasteiger partial charge in [-0.15, -0.1) is 0 Å². The van der Waals surface area contributed by atoms with Crippen molar-refractivity contribution in [2.24, 2.45) is 0 Å². The van der Waals surface area contributed by atoms with E-state index in [2.05, 4.69) is 5.32 Å². The van der Waals surface area contributed by atoms with E-state index in [0.29, 0.717) is 16.5 Å². The summed E-state index contributed by atoms with van der Waals surface area (Å²) in [7, 11) is -2.64. The van der Waals surface area contributed by atoms with Crippen LogP contribution < -0.4 is 14.4 Å². The Morgan fingerprint density at radius 3 is 2.20 bits per heavy atom. The van der Waals surface area contributed by atoms with E-state index in [9.17, 15) is 18.0 Å². The molecular formula is C31H36ClN3O5S. The van der Waals surface area contributed by atoms with Gasteiger partial charge in [-0.05, 0) is 73.9 Å². The number of rotatable bonds is 11. The maximum atomic E-state index is 14.0. The summed E-state index contributed by atoms with van der Waals surface area (Å²) < 4.78 is 34.0. The summed E-state index contributed by atoms with van der Waals surface area (Å²) in [5.74, 6) is -0.256. The zero-order valence-corrected chi connectivity index (χ0v) is 24.9. The van der Waals surface area contributed by atoms with Gasteiger partial charge in [-0.2, -0.15) is 0 Å². The molecule has 0 saturated heterocycles. The zero-order chi connectivity index (χ0) is 29.4. The fraction of sp³-hybridized carbons (Fsp3) is 0.355. The van der Waals surface area contributed by atoms with Crippen molar-refractivity contribution in [1.29, 1.82) is 0 Å². The molecule has 2 amide bonds. The lowest BCUT2D eigenvalue weighted by atomic mass is 9.95. The van der Waals surface area contributed by atoms with Crippen LogP contribution in [0.4, 0.5) is 5.69 Å². The molecule has 41 heavy (non-hydrogen) atoms. The number of sulfonamides is 1. The lowest BCUT2D eigenvalue weighted by molar-refractivity contribution is -0.139. The van der Waals surface area contributed by atoms with Gasteiger partial charge in [0.15, 0.2) is 0 Å². The number of hydrogen-bond acceptors (Lipinski definition) is 5. The van der Waals surface area contributed by atoms with Crippen LogP contribution in [0.15, 0.2) is 83.8 Å². The van der Waals surface area contributed by atoms with Crippen LogP contribution in [0.2, 0.25) is 5.02 Å². The molecule has 0 bridgehead atoms. The van der Waals surface area contributed by atoms with Crippen molar-refractivity contribution in [3.8, 4) is 5.75 Å². The first-order valence-corrected chi connectivity index (χ1v) is 15.6. The van der Waals surface area contributed by atoms with E-state index in [1.54, 1.807) is 73.7 Å². The molecule has 1 fully saturated rings. The molecule has 0 radical (unpaired) electrons. The molecular weight excluding hydrogens is 562 g/mol. The van der Waals surface area contributed by atoms with Gasteiger partial charge in [0.2, 0.25) is 11.8 Å². The Labute approximate surface area is 247 Å². The van der Waals surface area contributed by atoms with Gasteiger partial charge in [-0.25, -0.2) is 8.42 Å². The average Bonchev–Trinajstić information content (AvgIpc) is 3.00. The Hall–Kier alpha value is -3.56. The average molecular weight is 598 g/mol. The van der Waals surface area contributed by atoms with Crippen molar-refractivity contribution in [2.75, 3.05) is 18.0 Å². The Bertz CT molecular complexity index is 1410. The molecule has 1 aliphatic carbocycles. The van der Waals surface area contributed by atoms with E-state index < -0.39 is 28.5 Å². The number of nitrogens with zero attached hydrogens (tertiary/aromatic N) is 2. The maximum Gasteiger partial charge on any atom is 0.264 e. The Kier molecular flexibility index (Phi) is 10.3. The molecule has 4 rings (SSSR count). The minimum Gasteiger partial charge on any atom is -0.497 e. The van der Waals surface area contributed by atoms with Crippen molar-refractivity contribution in [1.82, 2.24) is 10.2 Å². The number of hydrogen-bond donors (Lipinski definition) is 1. The van der Waals surface area contributed by atoms with Gasteiger partial charge in [0.1, 0.15) is 18.3 Å². The highest BCUT2D eigenvalue weighted by atomic mass is 35.5. The summed E-state index contributed by atoms with van der Waals surface area (Å²) in [6, 6.07) is 20.7. The lowest BCUT2D eigenvalue weighted by Gasteiger charge is -2.33. The van der Waals surface area contributed by atoms with Crippen LogP contribution >= 0.6 is 11.6 Å². The summed E-state index contributed by atoms with van der Waals surface area (Å²) in [5, 5.41) is 3.65. The molecule has 0 unspecified atom stereocenters. The second kappa shape index (κ2) is 13.9. The molecule has 0 spiro atoms. The van der Waals surface area contributed by atoms with Crippen LogP contribution in [-0.2, 0) is 26.2 Å². The monoisotopic (exact) mass is 597 g/mol. The Balaban J connectivity index is 1.65. The highest BCUT2D eigenvalue weighted by molar-refractivity contribution is 7.92. The number of para-hydroxylation sites is 1. The van der Waals surface area contributed by atoms with Crippen LogP contribution in [0.3, 0.4) is 0 Å². The van der Waals surface area contributed by atoms with Crippen molar-refractivity contribution >= 4 is 39.1 Å². The molecule has 3 aromatic rings. The van der Waals surface area contributed by atoms with Gasteiger partial charge in [0.05, 0.1) is 17.7 Å². The van der Waals surface area contributed by atoms with Crippen molar-refractivity contribution in [3.63, 3.8) is 0 Å². The number of amides is 2. The van der Waals surface area contributed by atoms with E-state index in [0.717, 1.165) is 42.0 Å². The number of methoxy groups -OCH3 is 1. The number of carbonyl (C=O) groups excluding carboxylic acids is 2. The maximum absolute atomic E-state index is 14.0. The topological polar surface area (TPSA) is 96.0 Å². The molecule has 1 atom stereocenters. The fourth-order valence-electron chi connectivity index (χ4n) is 4.94. The molecule has 0 aromatic heterocycles. The third-order valence-electron chi connectivity index (χ3n) is 7.36. The van der Waals surface area contributed by atoms with Crippen molar-refractivity contribution < 1.29 is 22.7 Å². The molecule has 10 heteroatoms. The first-order valence-electron chi connectivity index (χ1n) is 13.7. The molecule has 1 saturated carbocycles. The van der Waals surface area contributed by atoms with Gasteiger partial charge in [-0.1, -0.05) is 61.2 Å². The van der Waals surface area contributed by atoms with E-state index in [1.807, 2.05) is 0 Å². The molecule has 0 heterocycles. The summed E-state index contributed by atoms with van der Waals surface area (Å²) in [4.78, 5) is 28.8. The first-order chi connectivity index (χ1) is 19.7. The molecule has 3 aromatic carbocycles. The molecule has 0 aliphatic heterocycles. The van der Waals surface area contributed by atoms with Crippen molar-refractivity contribution in [3.05, 3.63) is 89.4 Å². The summed E-state index contributed by atoms with van der Waals surface area (Å²) in [6.07, 6.45) is 5.09. The number of halogens is 1. The minimum atomic E-state index is -4.14. The SMILES string of the molecule is COc1ccc(S(=O)(=O)N(CC(=O)N(Cc2ccc(Cl)cc2)[C@@H](C)C(=O)NC2CCCCC2)c2ccccc2)cc1. The predicted octanol–water partition coefficient (Wildman–Crippen LogP) is 5.41. The fourth-order valence-corrected chi connectivity index (χ4v) is 6.48. The second-order valence-electron chi connectivity index (χ2n) is 10.2. The van der Waals surface area contributed by atoms with E-state index in [1.165, 1.54) is 24.1 Å². The normalized spacial score (nSPS) is 14.6. The van der Waals surface area contributed by atoms with Crippen LogP contribution in [0.5, 0.6) is 5.75 Å².